The maximum Gasteiger partial charge on any atom is 2.00 e. The van der Waals surface area contributed by atoms with Crippen molar-refractivity contribution in [2.45, 2.75) is 0 Å². The van der Waals surface area contributed by atoms with Gasteiger partial charge in [-0.15, -0.1) is 0 Å². The van der Waals surface area contributed by atoms with Gasteiger partial charge in [0.25, 0.3) is 0 Å². The predicted octanol–water partition coefficient (Wildman–Crippen LogP) is 13.6. The Hall–Kier alpha value is -9.86. The Bertz CT molecular complexity index is 4160. The van der Waals surface area contributed by atoms with E-state index in [0.717, 1.165) is 22.7 Å². The summed E-state index contributed by atoms with van der Waals surface area (Å²) >= 11 is 0. The first-order chi connectivity index (χ1) is 38.9. The number of nitrogens with zero attached hydrogens (tertiary/aromatic N) is 12. The predicted molar refractivity (Wildman–Crippen MR) is 317 cm³/mol. The van der Waals surface area contributed by atoms with Crippen LogP contribution in [0.5, 0.6) is 46.0 Å². The molecule has 11 aromatic rings. The van der Waals surface area contributed by atoms with Crippen molar-refractivity contribution >= 4 is 66.9 Å². The SMILES string of the molecule is CN(C)c1cccc(Oc2cccc3c2-c2nc-3nc3[n-]c(nc4nc(nc5[n-]c(n2)c2cccc(Oc6cccc(N(C)C)c6)c52)-c2cccc(Oc5cccc(N(C)C)c5)c2-4)c2cccc(Oc4cccc(N(C)C)c4)c32)c1.[Zn+2]. The molecule has 2 aliphatic heterocycles. The molecule has 17 heteroatoms. The number of anilines is 4. The Kier molecular flexibility index (Phi) is 13.5. The van der Waals surface area contributed by atoms with Crippen LogP contribution >= 0.6 is 0 Å². The molecule has 0 atom stereocenters. The van der Waals surface area contributed by atoms with Crippen molar-refractivity contribution in [3.63, 3.8) is 0 Å². The summed E-state index contributed by atoms with van der Waals surface area (Å²) in [6.07, 6.45) is 0. The number of aromatic nitrogens is 8. The minimum absolute atomic E-state index is 0. The van der Waals surface area contributed by atoms with Gasteiger partial charge in [-0.05, 0) is 83.6 Å². The van der Waals surface area contributed by atoms with Gasteiger partial charge in [0.2, 0.25) is 0 Å². The summed E-state index contributed by atoms with van der Waals surface area (Å²) in [4.78, 5) is 50.6. The molecule has 0 N–H and O–H groups in total. The average molecular weight is 1120 g/mol. The van der Waals surface area contributed by atoms with Crippen molar-refractivity contribution < 1.29 is 38.4 Å². The zero-order valence-corrected chi connectivity index (χ0v) is 48.8. The summed E-state index contributed by atoms with van der Waals surface area (Å²) in [5.74, 6) is 5.90. The first-order valence-corrected chi connectivity index (χ1v) is 25.9. The van der Waals surface area contributed by atoms with Crippen molar-refractivity contribution in [1.29, 1.82) is 0 Å². The molecule has 0 amide bonds. The van der Waals surface area contributed by atoms with Gasteiger partial charge in [0.1, 0.15) is 46.0 Å². The summed E-state index contributed by atoms with van der Waals surface area (Å²) in [6.45, 7) is 0. The fourth-order valence-electron chi connectivity index (χ4n) is 9.87. The molecule has 2 aliphatic rings. The second kappa shape index (κ2) is 21.1. The average Bonchev–Trinajstić information content (AvgIpc) is 4.33. The zero-order valence-electron chi connectivity index (χ0n) is 45.9. The first kappa shape index (κ1) is 51.9. The van der Waals surface area contributed by atoms with Crippen LogP contribution in [-0.4, -0.2) is 86.3 Å². The standard InChI is InChI=1S/C64H52N12O4.Zn/c1-73(2)37-17-9-21-41(33-37)77-49-29-13-25-45-53(49)61-65-57(45)70-62-55-47(27-15-31-51(55)79-43-23-11-19-39(35-43)75(5)6)59(67-62)72-64-56-48(28-16-32-52(56)80-44-24-12-20-40(36-44)76(7)8)60(68-64)71-63-54-46(58(66-63)69-61)26-14-30-50(54)78-42-22-10-18-38(34-42)74(3)4;/h9-36H,1-8H3;/q-2;+2. The van der Waals surface area contributed by atoms with E-state index in [1.165, 1.54) is 0 Å². The number of ether oxygens (including phenoxy) is 4. The zero-order chi connectivity index (χ0) is 54.8. The number of benzene rings is 8. The van der Waals surface area contributed by atoms with Crippen molar-refractivity contribution in [1.82, 2.24) is 39.9 Å². The van der Waals surface area contributed by atoms with E-state index >= 15 is 0 Å². The molecule has 0 spiro atoms. The van der Waals surface area contributed by atoms with Gasteiger partial charge in [0, 0.05) is 148 Å². The molecule has 394 valence electrons. The minimum Gasteiger partial charge on any atom is -0.457 e. The smallest absolute Gasteiger partial charge is 0.457 e. The third-order valence-electron chi connectivity index (χ3n) is 13.9. The van der Waals surface area contributed by atoms with E-state index in [9.17, 15) is 0 Å². The Morgan fingerprint density at radius 2 is 0.605 bits per heavy atom. The Morgan fingerprint density at radius 1 is 0.309 bits per heavy atom. The van der Waals surface area contributed by atoms with Gasteiger partial charge in [0.15, 0.2) is 0 Å². The molecular weight excluding hydrogens is 1070 g/mol. The van der Waals surface area contributed by atoms with Gasteiger partial charge in [0.05, 0.1) is 34.4 Å². The molecular formula is C64H52N12O4Zn. The molecule has 0 fully saturated rings. The molecule has 0 radical (unpaired) electrons. The van der Waals surface area contributed by atoms with Crippen molar-refractivity contribution in [3.8, 4) is 91.5 Å². The first-order valence-electron chi connectivity index (χ1n) is 25.9. The van der Waals surface area contributed by atoms with Crippen LogP contribution in [0.3, 0.4) is 0 Å². The second-order valence-corrected chi connectivity index (χ2v) is 20.2. The van der Waals surface area contributed by atoms with E-state index in [2.05, 4.69) is 0 Å². The van der Waals surface area contributed by atoms with Crippen LogP contribution in [0.15, 0.2) is 170 Å². The van der Waals surface area contributed by atoms with E-state index in [1.54, 1.807) is 0 Å². The van der Waals surface area contributed by atoms with Crippen molar-refractivity contribution in [3.05, 3.63) is 170 Å². The van der Waals surface area contributed by atoms with E-state index in [4.69, 9.17) is 58.8 Å². The maximum atomic E-state index is 6.79. The fourth-order valence-corrected chi connectivity index (χ4v) is 9.87. The van der Waals surface area contributed by atoms with E-state index < -0.39 is 0 Å². The summed E-state index contributed by atoms with van der Waals surface area (Å²) < 4.78 is 27.2. The number of rotatable bonds is 12. The van der Waals surface area contributed by atoms with Gasteiger partial charge in [-0.25, -0.2) is 9.97 Å². The van der Waals surface area contributed by atoms with Crippen molar-refractivity contribution in [2.24, 2.45) is 0 Å². The molecule has 3 aromatic heterocycles. The van der Waals surface area contributed by atoms with Gasteiger partial charge in [-0.1, -0.05) is 72.8 Å². The molecule has 16 nitrogen and oxygen atoms in total. The fraction of sp³-hybridized carbons (Fsp3) is 0.125. The topological polar surface area (TPSA) is 155 Å². The number of hydrogen-bond donors (Lipinski definition) is 0. The Balaban J connectivity index is 0.00000651. The van der Waals surface area contributed by atoms with Gasteiger partial charge < -0.3 is 68.5 Å². The molecule has 8 bridgehead atoms. The van der Waals surface area contributed by atoms with Gasteiger partial charge in [-0.3, -0.25) is 0 Å². The van der Waals surface area contributed by atoms with Crippen LogP contribution in [0.25, 0.3) is 89.7 Å². The van der Waals surface area contributed by atoms with E-state index in [0.29, 0.717) is 136 Å². The summed E-state index contributed by atoms with van der Waals surface area (Å²) in [7, 11) is 15.9. The summed E-state index contributed by atoms with van der Waals surface area (Å²) in [6, 6.07) is 54.8. The molecule has 8 aromatic carbocycles. The monoisotopic (exact) mass is 1120 g/mol. The van der Waals surface area contributed by atoms with Crippen molar-refractivity contribution in [2.75, 3.05) is 76.0 Å². The third kappa shape index (κ3) is 9.82. The van der Waals surface area contributed by atoms with E-state index in [1.807, 2.05) is 246 Å². The van der Waals surface area contributed by atoms with Crippen LogP contribution in [0.1, 0.15) is 0 Å². The van der Waals surface area contributed by atoms with Gasteiger partial charge in [-0.2, -0.15) is 0 Å². The maximum absolute atomic E-state index is 6.79. The van der Waals surface area contributed by atoms with E-state index in [-0.39, 0.29) is 19.5 Å². The molecule has 0 saturated heterocycles. The van der Waals surface area contributed by atoms with Crippen LogP contribution in [0.2, 0.25) is 0 Å². The second-order valence-electron chi connectivity index (χ2n) is 20.2. The van der Waals surface area contributed by atoms with Gasteiger partial charge >= 0.3 is 19.5 Å². The molecule has 81 heavy (non-hydrogen) atoms. The summed E-state index contributed by atoms with van der Waals surface area (Å²) in [5, 5.41) is 2.56. The number of fused-ring (bicyclic) bond motifs is 20. The van der Waals surface area contributed by atoms with Crippen LogP contribution in [0, 0.1) is 0 Å². The molecule has 0 saturated carbocycles. The van der Waals surface area contributed by atoms with Crippen LogP contribution < -0.4 is 48.5 Å². The molecule has 13 rings (SSSR count). The molecule has 0 aliphatic carbocycles. The Labute approximate surface area is 480 Å². The van der Waals surface area contributed by atoms with Crippen LogP contribution in [-0.2, 0) is 19.5 Å². The molecule has 5 heterocycles. The van der Waals surface area contributed by atoms with Crippen LogP contribution in [0.4, 0.5) is 22.7 Å². The third-order valence-corrected chi connectivity index (χ3v) is 13.9. The largest absolute Gasteiger partial charge is 2.00 e. The normalized spacial score (nSPS) is 11.4. The minimum atomic E-state index is 0. The Morgan fingerprint density at radius 3 is 0.951 bits per heavy atom. The molecule has 0 unspecified atom stereocenters. The summed E-state index contributed by atoms with van der Waals surface area (Å²) in [5.41, 5.74) is 7.78. The number of hydrogen-bond acceptors (Lipinski definition) is 14. The quantitative estimate of drug-likeness (QED) is 0.106.